The van der Waals surface area contributed by atoms with Gasteiger partial charge in [-0.05, 0) is 65.0 Å². The summed E-state index contributed by atoms with van der Waals surface area (Å²) in [5, 5.41) is 3.42. The van der Waals surface area contributed by atoms with Crippen molar-refractivity contribution >= 4 is 5.91 Å². The summed E-state index contributed by atoms with van der Waals surface area (Å²) in [5.41, 5.74) is 0. The number of piperidine rings is 2. The average Bonchev–Trinajstić information content (AvgIpc) is 2.47. The fourth-order valence-corrected chi connectivity index (χ4v) is 3.53. The number of carbonyl (C=O) groups is 1. The minimum atomic E-state index is 0.0636. The Hall–Kier alpha value is -0.610. The maximum Gasteiger partial charge on any atom is 0.239 e. The molecule has 2 aliphatic heterocycles. The summed E-state index contributed by atoms with van der Waals surface area (Å²) in [6.45, 7) is 10.7. The van der Waals surface area contributed by atoms with Crippen molar-refractivity contribution in [2.75, 3.05) is 33.2 Å². The Balaban J connectivity index is 1.79. The smallest absolute Gasteiger partial charge is 0.239 e. The minimum Gasteiger partial charge on any atom is -0.341 e. The molecule has 0 aromatic rings. The van der Waals surface area contributed by atoms with Gasteiger partial charge in [0.2, 0.25) is 5.91 Å². The van der Waals surface area contributed by atoms with Crippen LogP contribution in [0.1, 0.15) is 46.5 Å². The van der Waals surface area contributed by atoms with Gasteiger partial charge >= 0.3 is 0 Å². The predicted octanol–water partition coefficient (Wildman–Crippen LogP) is 1.95. The van der Waals surface area contributed by atoms with Gasteiger partial charge in [-0.1, -0.05) is 6.92 Å². The van der Waals surface area contributed by atoms with Gasteiger partial charge in [0.15, 0.2) is 0 Å². The van der Waals surface area contributed by atoms with E-state index in [-0.39, 0.29) is 6.04 Å². The number of amides is 1. The maximum atomic E-state index is 12.7. The number of hydrogen-bond donors (Lipinski definition) is 1. The van der Waals surface area contributed by atoms with Crippen LogP contribution in [0.4, 0.5) is 0 Å². The molecule has 1 N–H and O–H groups in total. The number of nitrogens with one attached hydrogen (secondary N) is 1. The number of rotatable bonds is 4. The van der Waals surface area contributed by atoms with Crippen molar-refractivity contribution in [1.29, 1.82) is 0 Å². The zero-order valence-corrected chi connectivity index (χ0v) is 14.3. The van der Waals surface area contributed by atoms with Gasteiger partial charge in [0.1, 0.15) is 0 Å². The molecule has 0 aromatic carbocycles. The average molecular weight is 295 g/mol. The highest BCUT2D eigenvalue weighted by atomic mass is 16.2. The molecular formula is C17H33N3O. The van der Waals surface area contributed by atoms with Crippen molar-refractivity contribution in [2.24, 2.45) is 11.8 Å². The van der Waals surface area contributed by atoms with E-state index in [1.165, 1.54) is 12.8 Å². The van der Waals surface area contributed by atoms with Crippen LogP contribution < -0.4 is 5.32 Å². The first kappa shape index (κ1) is 16.8. The molecule has 0 bridgehead atoms. The molecule has 2 atom stereocenters. The second kappa shape index (κ2) is 7.59. The standard InChI is InChI=1S/C17H33N3O/c1-13(2)19(4)12-15-7-10-20(11-8-15)17(21)16-14(3)6-5-9-18-16/h13-16,18H,5-12H2,1-4H3. The van der Waals surface area contributed by atoms with Crippen LogP contribution in [-0.2, 0) is 4.79 Å². The molecule has 122 valence electrons. The summed E-state index contributed by atoms with van der Waals surface area (Å²) in [5.74, 6) is 1.58. The quantitative estimate of drug-likeness (QED) is 0.861. The Bertz CT molecular complexity index is 337. The maximum absolute atomic E-state index is 12.7. The summed E-state index contributed by atoms with van der Waals surface area (Å²) in [6, 6.07) is 0.672. The molecule has 4 nitrogen and oxygen atoms in total. The first-order chi connectivity index (χ1) is 9.99. The summed E-state index contributed by atoms with van der Waals surface area (Å²) in [7, 11) is 2.20. The van der Waals surface area contributed by atoms with Crippen LogP contribution in [0.2, 0.25) is 0 Å². The van der Waals surface area contributed by atoms with E-state index in [4.69, 9.17) is 0 Å². The molecule has 4 heteroatoms. The van der Waals surface area contributed by atoms with Crippen LogP contribution in [0.3, 0.4) is 0 Å². The van der Waals surface area contributed by atoms with Crippen molar-refractivity contribution in [1.82, 2.24) is 15.1 Å². The van der Waals surface area contributed by atoms with Gasteiger partial charge in [-0.3, -0.25) is 4.79 Å². The highest BCUT2D eigenvalue weighted by molar-refractivity contribution is 5.82. The molecular weight excluding hydrogens is 262 g/mol. The molecule has 2 rings (SSSR count). The topological polar surface area (TPSA) is 35.6 Å². The highest BCUT2D eigenvalue weighted by Gasteiger charge is 2.32. The summed E-state index contributed by atoms with van der Waals surface area (Å²) < 4.78 is 0. The van der Waals surface area contributed by atoms with Gasteiger partial charge in [-0.2, -0.15) is 0 Å². The third kappa shape index (κ3) is 4.43. The van der Waals surface area contributed by atoms with E-state index in [0.29, 0.717) is 17.9 Å². The van der Waals surface area contributed by atoms with Crippen LogP contribution >= 0.6 is 0 Å². The SMILES string of the molecule is CC1CCCNC1C(=O)N1CCC(CN(C)C(C)C)CC1. The zero-order valence-electron chi connectivity index (χ0n) is 14.3. The van der Waals surface area contributed by atoms with Gasteiger partial charge in [0.05, 0.1) is 6.04 Å². The third-order valence-corrected chi connectivity index (χ3v) is 5.39. The van der Waals surface area contributed by atoms with Crippen LogP contribution in [0, 0.1) is 11.8 Å². The lowest BCUT2D eigenvalue weighted by atomic mass is 9.90. The lowest BCUT2D eigenvalue weighted by Crippen LogP contribution is -2.54. The second-order valence-corrected chi connectivity index (χ2v) is 7.35. The number of carbonyl (C=O) groups excluding carboxylic acids is 1. The summed E-state index contributed by atoms with van der Waals surface area (Å²) >= 11 is 0. The molecule has 2 aliphatic rings. The molecule has 21 heavy (non-hydrogen) atoms. The van der Waals surface area contributed by atoms with E-state index < -0.39 is 0 Å². The van der Waals surface area contributed by atoms with Gasteiger partial charge < -0.3 is 15.1 Å². The molecule has 1 amide bonds. The number of likely N-dealkylation sites (tertiary alicyclic amines) is 1. The van der Waals surface area contributed by atoms with Gasteiger partial charge in [0, 0.05) is 25.7 Å². The van der Waals surface area contributed by atoms with Crippen molar-refractivity contribution in [3.05, 3.63) is 0 Å². The zero-order chi connectivity index (χ0) is 15.4. The fourth-order valence-electron chi connectivity index (χ4n) is 3.53. The Morgan fingerprint density at radius 2 is 1.95 bits per heavy atom. The third-order valence-electron chi connectivity index (χ3n) is 5.39. The minimum absolute atomic E-state index is 0.0636. The van der Waals surface area contributed by atoms with Crippen molar-refractivity contribution in [2.45, 2.75) is 58.5 Å². The van der Waals surface area contributed by atoms with E-state index >= 15 is 0 Å². The Morgan fingerprint density at radius 3 is 2.52 bits per heavy atom. The van der Waals surface area contributed by atoms with E-state index in [2.05, 4.69) is 42.9 Å². The number of hydrogen-bond acceptors (Lipinski definition) is 3. The van der Waals surface area contributed by atoms with Crippen LogP contribution in [0.5, 0.6) is 0 Å². The molecule has 0 radical (unpaired) electrons. The molecule has 0 saturated carbocycles. The lowest BCUT2D eigenvalue weighted by molar-refractivity contribution is -0.136. The lowest BCUT2D eigenvalue weighted by Gasteiger charge is -2.38. The Morgan fingerprint density at radius 1 is 1.29 bits per heavy atom. The van der Waals surface area contributed by atoms with E-state index in [1.54, 1.807) is 0 Å². The monoisotopic (exact) mass is 295 g/mol. The molecule has 2 saturated heterocycles. The molecule has 0 aliphatic carbocycles. The molecule has 0 aromatic heterocycles. The molecule has 2 fully saturated rings. The normalized spacial score (nSPS) is 28.4. The molecule has 0 spiro atoms. The van der Waals surface area contributed by atoms with Crippen molar-refractivity contribution < 1.29 is 4.79 Å². The number of nitrogens with zero attached hydrogens (tertiary/aromatic N) is 2. The molecule has 2 heterocycles. The van der Waals surface area contributed by atoms with E-state index in [1.807, 2.05) is 0 Å². The largest absolute Gasteiger partial charge is 0.341 e. The summed E-state index contributed by atoms with van der Waals surface area (Å²) in [6.07, 6.45) is 4.70. The fraction of sp³-hybridized carbons (Fsp3) is 0.941. The van der Waals surface area contributed by atoms with Crippen LogP contribution in [-0.4, -0.2) is 61.0 Å². The molecule has 2 unspecified atom stereocenters. The first-order valence-corrected chi connectivity index (χ1v) is 8.71. The van der Waals surface area contributed by atoms with Crippen molar-refractivity contribution in [3.8, 4) is 0 Å². The van der Waals surface area contributed by atoms with Gasteiger partial charge in [-0.15, -0.1) is 0 Å². The second-order valence-electron chi connectivity index (χ2n) is 7.35. The van der Waals surface area contributed by atoms with Crippen molar-refractivity contribution in [3.63, 3.8) is 0 Å². The summed E-state index contributed by atoms with van der Waals surface area (Å²) in [4.78, 5) is 17.2. The van der Waals surface area contributed by atoms with Gasteiger partial charge in [-0.25, -0.2) is 0 Å². The van der Waals surface area contributed by atoms with E-state index in [0.717, 1.165) is 44.9 Å². The van der Waals surface area contributed by atoms with E-state index in [9.17, 15) is 4.79 Å². The Kier molecular flexibility index (Phi) is 6.06. The Labute approximate surface area is 130 Å². The van der Waals surface area contributed by atoms with Gasteiger partial charge in [0.25, 0.3) is 0 Å². The first-order valence-electron chi connectivity index (χ1n) is 8.71. The highest BCUT2D eigenvalue weighted by Crippen LogP contribution is 2.22. The van der Waals surface area contributed by atoms with Crippen LogP contribution in [0.15, 0.2) is 0 Å². The predicted molar refractivity (Wildman–Crippen MR) is 87.3 cm³/mol. The van der Waals surface area contributed by atoms with Crippen LogP contribution in [0.25, 0.3) is 0 Å².